The van der Waals surface area contributed by atoms with E-state index in [0.717, 1.165) is 29.7 Å². The van der Waals surface area contributed by atoms with Gasteiger partial charge in [0.15, 0.2) is 0 Å². The van der Waals surface area contributed by atoms with Gasteiger partial charge in [0.2, 0.25) is 5.16 Å². The molecule has 0 spiro atoms. The Morgan fingerprint density at radius 3 is 2.80 bits per heavy atom. The summed E-state index contributed by atoms with van der Waals surface area (Å²) in [7, 11) is 1.72. The average molecular weight is 291 g/mol. The molecule has 106 valence electrons. The van der Waals surface area contributed by atoms with Crippen molar-refractivity contribution in [1.29, 1.82) is 0 Å². The normalized spacial score (nSPS) is 10.8. The van der Waals surface area contributed by atoms with Gasteiger partial charge < -0.3 is 9.12 Å². The molecule has 2 rings (SSSR count). The molecule has 0 amide bonds. The lowest BCUT2D eigenvalue weighted by atomic mass is 10.0. The summed E-state index contributed by atoms with van der Waals surface area (Å²) in [5.74, 6) is 0. The van der Waals surface area contributed by atoms with Crippen molar-refractivity contribution in [3.63, 3.8) is 0 Å². The van der Waals surface area contributed by atoms with Gasteiger partial charge in [-0.2, -0.15) is 0 Å². The minimum Gasteiger partial charge on any atom is -0.323 e. The molecule has 20 heavy (non-hydrogen) atoms. The largest absolute Gasteiger partial charge is 0.323 e. The zero-order valence-corrected chi connectivity index (χ0v) is 12.6. The van der Waals surface area contributed by atoms with Crippen molar-refractivity contribution in [2.75, 3.05) is 0 Å². The number of hydrogen-bond donors (Lipinski definition) is 1. The van der Waals surface area contributed by atoms with Gasteiger partial charge in [-0.15, -0.1) is 0 Å². The number of pyridine rings is 1. The summed E-state index contributed by atoms with van der Waals surface area (Å²) in [6.45, 7) is 3.87. The molecule has 0 atom stereocenters. The summed E-state index contributed by atoms with van der Waals surface area (Å²) in [6, 6.07) is 1.83. The van der Waals surface area contributed by atoms with E-state index in [1.54, 1.807) is 30.9 Å². The Morgan fingerprint density at radius 2 is 2.20 bits per heavy atom. The number of rotatable bonds is 4. The van der Waals surface area contributed by atoms with Crippen LogP contribution in [0.25, 0.3) is 11.3 Å². The molecule has 6 heteroatoms. The Hall–Kier alpha value is -1.66. The van der Waals surface area contributed by atoms with E-state index >= 15 is 0 Å². The fourth-order valence-corrected chi connectivity index (χ4v) is 2.38. The standard InChI is InChI=1S/C14H17N3O2S/c1-4-5-10-7-15-14(20-19)16-12(10)11-6-9(2)13(18)17(3)8-11/h6-8,19H,4-5H2,1-3H3. The summed E-state index contributed by atoms with van der Waals surface area (Å²) in [5, 5.41) is 0.311. The number of aromatic nitrogens is 3. The van der Waals surface area contributed by atoms with Gasteiger partial charge in [-0.05, 0) is 25.0 Å². The molecule has 0 aliphatic carbocycles. The molecule has 0 aliphatic rings. The summed E-state index contributed by atoms with van der Waals surface area (Å²) < 4.78 is 10.7. The first-order chi connectivity index (χ1) is 9.56. The number of hydrogen-bond acceptors (Lipinski definition) is 5. The maximum Gasteiger partial charge on any atom is 0.253 e. The summed E-state index contributed by atoms with van der Waals surface area (Å²) in [5.41, 5.74) is 3.31. The molecule has 2 aromatic rings. The molecular formula is C14H17N3O2S. The first-order valence-electron chi connectivity index (χ1n) is 6.41. The highest BCUT2D eigenvalue weighted by molar-refractivity contribution is 7.93. The van der Waals surface area contributed by atoms with E-state index in [9.17, 15) is 4.79 Å². The third kappa shape index (κ3) is 2.91. The molecule has 1 N–H and O–H groups in total. The van der Waals surface area contributed by atoms with Crippen LogP contribution >= 0.6 is 12.0 Å². The van der Waals surface area contributed by atoms with Crippen molar-refractivity contribution >= 4 is 12.0 Å². The predicted molar refractivity (Wildman–Crippen MR) is 79.9 cm³/mol. The maximum absolute atomic E-state index is 11.8. The van der Waals surface area contributed by atoms with Crippen LogP contribution in [-0.4, -0.2) is 19.1 Å². The molecule has 0 aliphatic heterocycles. The average Bonchev–Trinajstić information content (AvgIpc) is 2.45. The molecule has 5 nitrogen and oxygen atoms in total. The lowest BCUT2D eigenvalue weighted by molar-refractivity contribution is 0.653. The van der Waals surface area contributed by atoms with Crippen LogP contribution in [0.15, 0.2) is 28.4 Å². The van der Waals surface area contributed by atoms with Gasteiger partial charge in [0.1, 0.15) is 0 Å². The maximum atomic E-state index is 11.8. The minimum atomic E-state index is -0.0170. The third-order valence-electron chi connectivity index (χ3n) is 3.08. The fourth-order valence-electron chi connectivity index (χ4n) is 2.14. The van der Waals surface area contributed by atoms with Crippen molar-refractivity contribution in [2.45, 2.75) is 31.8 Å². The minimum absolute atomic E-state index is 0.0170. The molecule has 2 heterocycles. The highest BCUT2D eigenvalue weighted by atomic mass is 32.2. The van der Waals surface area contributed by atoms with Gasteiger partial charge >= 0.3 is 0 Å². The van der Waals surface area contributed by atoms with Crippen molar-refractivity contribution in [3.8, 4) is 11.3 Å². The van der Waals surface area contributed by atoms with E-state index < -0.39 is 0 Å². The quantitative estimate of drug-likeness (QED) is 0.693. The van der Waals surface area contributed by atoms with Crippen LogP contribution in [-0.2, 0) is 13.5 Å². The Morgan fingerprint density at radius 1 is 1.45 bits per heavy atom. The Balaban J connectivity index is 2.63. The summed E-state index contributed by atoms with van der Waals surface area (Å²) in [4.78, 5) is 20.2. The van der Waals surface area contributed by atoms with Crippen LogP contribution in [0.3, 0.4) is 0 Å². The van der Waals surface area contributed by atoms with Crippen molar-refractivity contribution in [1.82, 2.24) is 14.5 Å². The van der Waals surface area contributed by atoms with Gasteiger partial charge in [-0.1, -0.05) is 13.3 Å². The first-order valence-corrected chi connectivity index (χ1v) is 7.19. The van der Waals surface area contributed by atoms with E-state index in [2.05, 4.69) is 16.9 Å². The Kier molecular flexibility index (Phi) is 4.57. The molecule has 0 saturated heterocycles. The second-order valence-electron chi connectivity index (χ2n) is 4.70. The molecule has 0 unspecified atom stereocenters. The highest BCUT2D eigenvalue weighted by Gasteiger charge is 2.11. The lowest BCUT2D eigenvalue weighted by Gasteiger charge is -2.10. The molecule has 0 aromatic carbocycles. The van der Waals surface area contributed by atoms with E-state index in [0.29, 0.717) is 22.8 Å². The van der Waals surface area contributed by atoms with E-state index in [1.165, 1.54) is 0 Å². The van der Waals surface area contributed by atoms with Crippen LogP contribution in [0.2, 0.25) is 0 Å². The van der Waals surface area contributed by atoms with Gasteiger partial charge in [-0.25, -0.2) is 9.97 Å². The molecule has 0 radical (unpaired) electrons. The van der Waals surface area contributed by atoms with Crippen LogP contribution in [0.4, 0.5) is 0 Å². The van der Waals surface area contributed by atoms with Crippen LogP contribution in [0, 0.1) is 6.92 Å². The zero-order valence-electron chi connectivity index (χ0n) is 11.8. The van der Waals surface area contributed by atoms with E-state index in [-0.39, 0.29) is 5.56 Å². The highest BCUT2D eigenvalue weighted by Crippen LogP contribution is 2.24. The van der Waals surface area contributed by atoms with Crippen LogP contribution < -0.4 is 5.56 Å². The Labute approximate surface area is 121 Å². The van der Waals surface area contributed by atoms with Gasteiger partial charge in [0.05, 0.1) is 17.7 Å². The second kappa shape index (κ2) is 6.19. The lowest BCUT2D eigenvalue weighted by Crippen LogP contribution is -2.18. The third-order valence-corrected chi connectivity index (χ3v) is 3.44. The van der Waals surface area contributed by atoms with Crippen LogP contribution in [0.1, 0.15) is 24.5 Å². The topological polar surface area (TPSA) is 68.0 Å². The molecule has 0 bridgehead atoms. The summed E-state index contributed by atoms with van der Waals surface area (Å²) in [6.07, 6.45) is 5.34. The molecule has 0 fully saturated rings. The van der Waals surface area contributed by atoms with Crippen LogP contribution in [0.5, 0.6) is 0 Å². The monoisotopic (exact) mass is 291 g/mol. The first kappa shape index (κ1) is 14.7. The van der Waals surface area contributed by atoms with E-state index in [4.69, 9.17) is 4.55 Å². The Bertz CT molecular complexity index is 656. The van der Waals surface area contributed by atoms with Crippen molar-refractivity contribution in [3.05, 3.63) is 39.9 Å². The molecule has 2 aromatic heterocycles. The molecular weight excluding hydrogens is 274 g/mol. The van der Waals surface area contributed by atoms with Gasteiger partial charge in [0, 0.05) is 30.6 Å². The second-order valence-corrected chi connectivity index (χ2v) is 5.24. The van der Waals surface area contributed by atoms with Crippen molar-refractivity contribution in [2.24, 2.45) is 7.05 Å². The molecule has 0 saturated carbocycles. The SMILES string of the molecule is CCCc1cnc(SO)nc1-c1cc(C)c(=O)n(C)c1. The predicted octanol–water partition coefficient (Wildman–Crippen LogP) is 2.67. The van der Waals surface area contributed by atoms with Gasteiger partial charge in [0.25, 0.3) is 5.56 Å². The number of aryl methyl sites for hydroxylation is 3. The van der Waals surface area contributed by atoms with E-state index in [1.807, 2.05) is 6.07 Å². The smallest absolute Gasteiger partial charge is 0.253 e. The number of nitrogens with zero attached hydrogens (tertiary/aromatic N) is 3. The van der Waals surface area contributed by atoms with Crippen molar-refractivity contribution < 1.29 is 4.55 Å². The summed E-state index contributed by atoms with van der Waals surface area (Å²) >= 11 is 0.525. The zero-order chi connectivity index (χ0) is 14.7. The fraction of sp³-hybridized carbons (Fsp3) is 0.357. The van der Waals surface area contributed by atoms with Gasteiger partial charge in [-0.3, -0.25) is 4.79 Å².